The van der Waals surface area contributed by atoms with E-state index in [0.717, 1.165) is 0 Å². The number of nitrogens with one attached hydrogen (secondary N) is 1. The van der Waals surface area contributed by atoms with Crippen molar-refractivity contribution < 1.29 is 24.5 Å². The maximum absolute atomic E-state index is 11.6. The Morgan fingerprint density at radius 2 is 2.16 bits per heavy atom. The first-order valence-electron chi connectivity index (χ1n) is 5.97. The fraction of sp³-hybridized carbons (Fsp3) is 0.462. The number of benzene rings is 1. The topological polar surface area (TPSA) is 88.0 Å². The molecule has 1 atom stereocenters. The first kappa shape index (κ1) is 15.3. The van der Waals surface area contributed by atoms with E-state index in [1.807, 2.05) is 0 Å². The van der Waals surface area contributed by atoms with E-state index >= 15 is 0 Å². The minimum absolute atomic E-state index is 0.0147. The molecule has 0 spiro atoms. The van der Waals surface area contributed by atoms with E-state index in [1.165, 1.54) is 13.2 Å². The molecule has 6 heteroatoms. The molecular weight excluding hydrogens is 250 g/mol. The predicted octanol–water partition coefficient (Wildman–Crippen LogP) is 0.285. The fourth-order valence-electron chi connectivity index (χ4n) is 1.55. The second kappa shape index (κ2) is 8.34. The van der Waals surface area contributed by atoms with Crippen LogP contribution in [0.5, 0.6) is 11.5 Å². The van der Waals surface area contributed by atoms with Crippen molar-refractivity contribution in [2.45, 2.75) is 12.5 Å². The van der Waals surface area contributed by atoms with Crippen molar-refractivity contribution in [3.63, 3.8) is 0 Å². The molecule has 1 amide bonds. The number of carbonyl (C=O) groups is 1. The largest absolute Gasteiger partial charge is 0.504 e. The number of aromatic hydroxyl groups is 1. The molecule has 1 aromatic rings. The Labute approximate surface area is 112 Å². The van der Waals surface area contributed by atoms with Gasteiger partial charge in [0, 0.05) is 13.7 Å². The lowest BCUT2D eigenvalue weighted by Gasteiger charge is -2.17. The Hall–Kier alpha value is -1.79. The second-order valence-electron chi connectivity index (χ2n) is 3.99. The molecule has 106 valence electrons. The maximum atomic E-state index is 11.6. The smallest absolute Gasteiger partial charge is 0.258 e. The van der Waals surface area contributed by atoms with Gasteiger partial charge in [0.05, 0.1) is 12.6 Å². The highest BCUT2D eigenvalue weighted by Crippen LogP contribution is 2.23. The van der Waals surface area contributed by atoms with Crippen molar-refractivity contribution in [2.75, 3.05) is 26.9 Å². The van der Waals surface area contributed by atoms with Crippen LogP contribution in [-0.2, 0) is 9.53 Å². The van der Waals surface area contributed by atoms with Crippen molar-refractivity contribution in [3.05, 3.63) is 24.3 Å². The van der Waals surface area contributed by atoms with E-state index < -0.39 is 0 Å². The highest BCUT2D eigenvalue weighted by molar-refractivity contribution is 5.77. The zero-order valence-corrected chi connectivity index (χ0v) is 10.8. The van der Waals surface area contributed by atoms with Crippen LogP contribution in [0.2, 0.25) is 0 Å². The molecule has 3 N–H and O–H groups in total. The molecular formula is C13H19NO5. The van der Waals surface area contributed by atoms with E-state index in [2.05, 4.69) is 5.32 Å². The van der Waals surface area contributed by atoms with Gasteiger partial charge in [0.15, 0.2) is 18.1 Å². The lowest BCUT2D eigenvalue weighted by molar-refractivity contribution is -0.124. The van der Waals surface area contributed by atoms with Gasteiger partial charge >= 0.3 is 0 Å². The number of phenolic OH excluding ortho intramolecular Hbond substituents is 1. The van der Waals surface area contributed by atoms with Crippen LogP contribution >= 0.6 is 0 Å². The number of ether oxygens (including phenoxy) is 2. The minimum Gasteiger partial charge on any atom is -0.504 e. The van der Waals surface area contributed by atoms with E-state index in [9.17, 15) is 9.90 Å². The molecule has 1 aromatic carbocycles. The molecule has 0 aliphatic rings. The molecule has 0 aliphatic carbocycles. The number of aliphatic hydroxyl groups is 1. The Balaban J connectivity index is 2.40. The molecule has 0 heterocycles. The van der Waals surface area contributed by atoms with Crippen molar-refractivity contribution in [3.8, 4) is 11.5 Å². The van der Waals surface area contributed by atoms with Gasteiger partial charge in [-0.1, -0.05) is 12.1 Å². The summed E-state index contributed by atoms with van der Waals surface area (Å²) in [7, 11) is 1.52. The summed E-state index contributed by atoms with van der Waals surface area (Å²) in [6.45, 7) is 0.0841. The van der Waals surface area contributed by atoms with Gasteiger partial charge in [-0.25, -0.2) is 0 Å². The highest BCUT2D eigenvalue weighted by atomic mass is 16.5. The Morgan fingerprint density at radius 1 is 1.42 bits per heavy atom. The third kappa shape index (κ3) is 5.58. The zero-order valence-electron chi connectivity index (χ0n) is 10.8. The molecule has 6 nitrogen and oxygen atoms in total. The van der Waals surface area contributed by atoms with Gasteiger partial charge in [0.25, 0.3) is 5.91 Å². The minimum atomic E-state index is -0.334. The quantitative estimate of drug-likeness (QED) is 0.631. The average molecular weight is 269 g/mol. The van der Waals surface area contributed by atoms with Gasteiger partial charge in [-0.05, 0) is 18.6 Å². The van der Waals surface area contributed by atoms with E-state index in [0.29, 0.717) is 13.0 Å². The van der Waals surface area contributed by atoms with Crippen LogP contribution < -0.4 is 10.1 Å². The maximum Gasteiger partial charge on any atom is 0.258 e. The highest BCUT2D eigenvalue weighted by Gasteiger charge is 2.12. The number of para-hydroxylation sites is 2. The lowest BCUT2D eigenvalue weighted by atomic mass is 10.2. The van der Waals surface area contributed by atoms with Crippen LogP contribution in [0.4, 0.5) is 0 Å². The molecule has 0 aliphatic heterocycles. The Bertz CT molecular complexity index is 390. The molecule has 1 unspecified atom stereocenters. The monoisotopic (exact) mass is 269 g/mol. The predicted molar refractivity (Wildman–Crippen MR) is 69.1 cm³/mol. The summed E-state index contributed by atoms with van der Waals surface area (Å²) in [4.78, 5) is 11.6. The summed E-state index contributed by atoms with van der Waals surface area (Å²) in [5, 5.41) is 21.0. The molecule has 0 fully saturated rings. The number of carbonyl (C=O) groups excluding carboxylic acids is 1. The van der Waals surface area contributed by atoms with Crippen LogP contribution in [0, 0.1) is 0 Å². The van der Waals surface area contributed by atoms with Gasteiger partial charge in [-0.15, -0.1) is 0 Å². The third-order valence-corrected chi connectivity index (χ3v) is 2.43. The molecule has 0 saturated heterocycles. The summed E-state index contributed by atoms with van der Waals surface area (Å²) < 4.78 is 10.1. The SMILES string of the molecule is COCC(CCO)NC(=O)COc1ccccc1O. The molecule has 0 saturated carbocycles. The van der Waals surface area contributed by atoms with Crippen molar-refractivity contribution in [1.29, 1.82) is 0 Å². The molecule has 19 heavy (non-hydrogen) atoms. The number of amides is 1. The fourth-order valence-corrected chi connectivity index (χ4v) is 1.55. The van der Waals surface area contributed by atoms with E-state index in [-0.39, 0.29) is 36.7 Å². The molecule has 1 rings (SSSR count). The van der Waals surface area contributed by atoms with Gasteiger partial charge in [0.2, 0.25) is 0 Å². The van der Waals surface area contributed by atoms with Crippen molar-refractivity contribution in [1.82, 2.24) is 5.32 Å². The van der Waals surface area contributed by atoms with Crippen LogP contribution in [0.15, 0.2) is 24.3 Å². The van der Waals surface area contributed by atoms with Crippen LogP contribution in [0.1, 0.15) is 6.42 Å². The van der Waals surface area contributed by atoms with E-state index in [1.54, 1.807) is 18.2 Å². The Kier molecular flexibility index (Phi) is 6.70. The Morgan fingerprint density at radius 3 is 2.79 bits per heavy atom. The standard InChI is InChI=1S/C13H19NO5/c1-18-8-10(6-7-15)14-13(17)9-19-12-5-3-2-4-11(12)16/h2-5,10,15-16H,6-9H2,1H3,(H,14,17). The van der Waals surface area contributed by atoms with E-state index in [4.69, 9.17) is 14.6 Å². The number of hydrogen-bond donors (Lipinski definition) is 3. The van der Waals surface area contributed by atoms with Gasteiger partial charge in [0.1, 0.15) is 0 Å². The molecule has 0 radical (unpaired) electrons. The summed E-state index contributed by atoms with van der Waals surface area (Å²) in [5.41, 5.74) is 0. The summed E-state index contributed by atoms with van der Waals surface area (Å²) in [6.07, 6.45) is 0.413. The van der Waals surface area contributed by atoms with Gasteiger partial charge in [-0.3, -0.25) is 4.79 Å². The van der Waals surface area contributed by atoms with Crippen molar-refractivity contribution >= 4 is 5.91 Å². The van der Waals surface area contributed by atoms with Crippen LogP contribution in [0.3, 0.4) is 0 Å². The summed E-state index contributed by atoms with van der Waals surface area (Å²) >= 11 is 0. The third-order valence-electron chi connectivity index (χ3n) is 2.43. The summed E-state index contributed by atoms with van der Waals surface area (Å²) in [6, 6.07) is 6.16. The number of rotatable bonds is 8. The lowest BCUT2D eigenvalue weighted by Crippen LogP contribution is -2.41. The average Bonchev–Trinajstić information content (AvgIpc) is 2.38. The normalized spacial score (nSPS) is 11.9. The zero-order chi connectivity index (χ0) is 14.1. The van der Waals surface area contributed by atoms with Crippen LogP contribution in [0.25, 0.3) is 0 Å². The first-order valence-corrected chi connectivity index (χ1v) is 5.97. The first-order chi connectivity index (χ1) is 9.17. The number of phenols is 1. The number of hydrogen-bond acceptors (Lipinski definition) is 5. The second-order valence-corrected chi connectivity index (χ2v) is 3.99. The number of methoxy groups -OCH3 is 1. The number of aliphatic hydroxyl groups excluding tert-OH is 1. The van der Waals surface area contributed by atoms with Gasteiger partial charge < -0.3 is 25.0 Å². The summed E-state index contributed by atoms with van der Waals surface area (Å²) in [5.74, 6) is -0.0963. The van der Waals surface area contributed by atoms with Crippen molar-refractivity contribution in [2.24, 2.45) is 0 Å². The molecule has 0 aromatic heterocycles. The van der Waals surface area contributed by atoms with Crippen LogP contribution in [-0.4, -0.2) is 49.1 Å². The van der Waals surface area contributed by atoms with Gasteiger partial charge in [-0.2, -0.15) is 0 Å². The molecule has 0 bridgehead atoms.